The molecule has 14 heavy (non-hydrogen) atoms. The van der Waals surface area contributed by atoms with Gasteiger partial charge in [-0.25, -0.2) is 0 Å². The van der Waals surface area contributed by atoms with Gasteiger partial charge in [0, 0.05) is 30.8 Å². The number of rotatable bonds is 3. The molecule has 2 atom stereocenters. The lowest BCUT2D eigenvalue weighted by atomic mass is 10.0. The summed E-state index contributed by atoms with van der Waals surface area (Å²) >= 11 is 0. The fraction of sp³-hybridized carbons (Fsp3) is 0.700. The summed E-state index contributed by atoms with van der Waals surface area (Å²) in [7, 11) is 1.88. The molecule has 4 nitrogen and oxygen atoms in total. The van der Waals surface area contributed by atoms with Gasteiger partial charge in [0.05, 0.1) is 11.8 Å². The van der Waals surface area contributed by atoms with Gasteiger partial charge in [-0.1, -0.05) is 0 Å². The third-order valence-corrected chi connectivity index (χ3v) is 2.67. The number of hydrogen-bond acceptors (Lipinski definition) is 3. The number of aliphatic hydroxyl groups excluding tert-OH is 1. The highest BCUT2D eigenvalue weighted by molar-refractivity contribution is 5.27. The van der Waals surface area contributed by atoms with Crippen molar-refractivity contribution < 1.29 is 5.11 Å². The third-order valence-electron chi connectivity index (χ3n) is 2.67. The second-order valence-corrected chi connectivity index (χ2v) is 4.22. The monoisotopic (exact) mass is 195 g/mol. The predicted molar refractivity (Wildman–Crippen MR) is 53.8 cm³/mol. The number of aryl methyl sites for hydroxylation is 1. The number of nitrogens with zero attached hydrogens (tertiary/aromatic N) is 2. The lowest BCUT2D eigenvalue weighted by Crippen LogP contribution is -2.24. The van der Waals surface area contributed by atoms with Crippen LogP contribution in [0.25, 0.3) is 0 Å². The molecule has 2 rings (SSSR count). The topological polar surface area (TPSA) is 64.1 Å². The van der Waals surface area contributed by atoms with Crippen molar-refractivity contribution in [2.45, 2.75) is 37.8 Å². The van der Waals surface area contributed by atoms with Gasteiger partial charge in [-0.15, -0.1) is 0 Å². The van der Waals surface area contributed by atoms with Crippen molar-refractivity contribution >= 4 is 0 Å². The fourth-order valence-corrected chi connectivity index (χ4v) is 1.71. The van der Waals surface area contributed by atoms with Gasteiger partial charge >= 0.3 is 0 Å². The normalized spacial score (nSPS) is 20.9. The first kappa shape index (κ1) is 9.68. The molecule has 1 aliphatic rings. The SMILES string of the molecule is CC(N)C(O)c1cn(C)nc1C1CC1. The molecule has 1 saturated carbocycles. The lowest BCUT2D eigenvalue weighted by Gasteiger charge is -2.13. The van der Waals surface area contributed by atoms with E-state index in [0.717, 1.165) is 11.3 Å². The van der Waals surface area contributed by atoms with Crippen molar-refractivity contribution in [3.8, 4) is 0 Å². The van der Waals surface area contributed by atoms with Crippen LogP contribution in [0.2, 0.25) is 0 Å². The first-order valence-corrected chi connectivity index (χ1v) is 5.06. The Balaban J connectivity index is 2.30. The van der Waals surface area contributed by atoms with Crippen molar-refractivity contribution in [2.24, 2.45) is 12.8 Å². The summed E-state index contributed by atoms with van der Waals surface area (Å²) < 4.78 is 1.76. The van der Waals surface area contributed by atoms with Gasteiger partial charge in [-0.05, 0) is 19.8 Å². The second kappa shape index (κ2) is 3.37. The minimum atomic E-state index is -0.584. The number of nitrogens with two attached hydrogens (primary N) is 1. The summed E-state index contributed by atoms with van der Waals surface area (Å²) in [6.45, 7) is 1.81. The Morgan fingerprint density at radius 1 is 1.64 bits per heavy atom. The second-order valence-electron chi connectivity index (χ2n) is 4.22. The Hall–Kier alpha value is -0.870. The van der Waals surface area contributed by atoms with Crippen LogP contribution in [0, 0.1) is 0 Å². The van der Waals surface area contributed by atoms with Crippen LogP contribution in [0.15, 0.2) is 6.20 Å². The minimum Gasteiger partial charge on any atom is -0.387 e. The maximum Gasteiger partial charge on any atom is 0.0971 e. The highest BCUT2D eigenvalue weighted by Gasteiger charge is 2.31. The van der Waals surface area contributed by atoms with Crippen molar-refractivity contribution in [3.05, 3.63) is 17.5 Å². The van der Waals surface area contributed by atoms with Crippen molar-refractivity contribution in [1.29, 1.82) is 0 Å². The molecule has 0 bridgehead atoms. The van der Waals surface area contributed by atoms with E-state index < -0.39 is 6.10 Å². The van der Waals surface area contributed by atoms with Gasteiger partial charge in [0.1, 0.15) is 0 Å². The highest BCUT2D eigenvalue weighted by atomic mass is 16.3. The molecular formula is C10H17N3O. The first-order valence-electron chi connectivity index (χ1n) is 5.06. The summed E-state index contributed by atoms with van der Waals surface area (Å²) in [6, 6.07) is -0.239. The van der Waals surface area contributed by atoms with E-state index in [0.29, 0.717) is 5.92 Å². The molecule has 1 aromatic heterocycles. The van der Waals surface area contributed by atoms with Crippen LogP contribution in [0.4, 0.5) is 0 Å². The van der Waals surface area contributed by atoms with Crippen LogP contribution in [0.1, 0.15) is 43.0 Å². The molecule has 0 amide bonds. The van der Waals surface area contributed by atoms with Crippen LogP contribution in [0.3, 0.4) is 0 Å². The van der Waals surface area contributed by atoms with Crippen LogP contribution in [0.5, 0.6) is 0 Å². The average molecular weight is 195 g/mol. The molecule has 2 unspecified atom stereocenters. The molecule has 4 heteroatoms. The molecule has 0 saturated heterocycles. The Bertz CT molecular complexity index is 328. The van der Waals surface area contributed by atoms with Crippen LogP contribution in [-0.2, 0) is 7.05 Å². The molecule has 3 N–H and O–H groups in total. The Morgan fingerprint density at radius 3 is 2.79 bits per heavy atom. The molecule has 0 radical (unpaired) electrons. The highest BCUT2D eigenvalue weighted by Crippen LogP contribution is 2.42. The summed E-state index contributed by atoms with van der Waals surface area (Å²) in [5.74, 6) is 0.555. The third kappa shape index (κ3) is 1.67. The summed E-state index contributed by atoms with van der Waals surface area (Å²) in [5, 5.41) is 14.3. The van der Waals surface area contributed by atoms with Crippen molar-refractivity contribution in [2.75, 3.05) is 0 Å². The van der Waals surface area contributed by atoms with Gasteiger partial charge in [-0.2, -0.15) is 5.10 Å². The molecule has 0 aliphatic heterocycles. The van der Waals surface area contributed by atoms with Crippen LogP contribution in [-0.4, -0.2) is 20.9 Å². The molecule has 1 heterocycles. The standard InChI is InChI=1S/C10H17N3O/c1-6(11)10(14)8-5-13(2)12-9(8)7-3-4-7/h5-7,10,14H,3-4,11H2,1-2H3. The van der Waals surface area contributed by atoms with E-state index in [1.54, 1.807) is 4.68 Å². The van der Waals surface area contributed by atoms with E-state index in [-0.39, 0.29) is 6.04 Å². The maximum absolute atomic E-state index is 9.89. The zero-order chi connectivity index (χ0) is 10.3. The van der Waals surface area contributed by atoms with E-state index in [1.807, 2.05) is 20.2 Å². The Kier molecular flexibility index (Phi) is 2.33. The summed E-state index contributed by atoms with van der Waals surface area (Å²) in [4.78, 5) is 0. The lowest BCUT2D eigenvalue weighted by molar-refractivity contribution is 0.152. The molecular weight excluding hydrogens is 178 g/mol. The van der Waals surface area contributed by atoms with Crippen molar-refractivity contribution in [3.63, 3.8) is 0 Å². The summed E-state index contributed by atoms with van der Waals surface area (Å²) in [6.07, 6.45) is 3.67. The van der Waals surface area contributed by atoms with Gasteiger partial charge in [0.15, 0.2) is 0 Å². The number of aromatic nitrogens is 2. The Labute approximate surface area is 83.7 Å². The Morgan fingerprint density at radius 2 is 2.29 bits per heavy atom. The van der Waals surface area contributed by atoms with E-state index in [2.05, 4.69) is 5.10 Å². The largest absolute Gasteiger partial charge is 0.387 e. The van der Waals surface area contributed by atoms with E-state index in [9.17, 15) is 5.11 Å². The fourth-order valence-electron chi connectivity index (χ4n) is 1.71. The molecule has 78 valence electrons. The molecule has 0 spiro atoms. The molecule has 1 aromatic rings. The van der Waals surface area contributed by atoms with Gasteiger partial charge < -0.3 is 10.8 Å². The van der Waals surface area contributed by atoms with E-state index in [1.165, 1.54) is 12.8 Å². The van der Waals surface area contributed by atoms with Crippen LogP contribution >= 0.6 is 0 Å². The molecule has 0 aromatic carbocycles. The predicted octanol–water partition coefficient (Wildman–Crippen LogP) is 0.678. The van der Waals surface area contributed by atoms with Gasteiger partial charge in [0.25, 0.3) is 0 Å². The van der Waals surface area contributed by atoms with Gasteiger partial charge in [0.2, 0.25) is 0 Å². The van der Waals surface area contributed by atoms with E-state index >= 15 is 0 Å². The number of hydrogen-bond donors (Lipinski definition) is 2. The van der Waals surface area contributed by atoms with Crippen LogP contribution < -0.4 is 5.73 Å². The number of aliphatic hydroxyl groups is 1. The smallest absolute Gasteiger partial charge is 0.0971 e. The zero-order valence-corrected chi connectivity index (χ0v) is 8.64. The maximum atomic E-state index is 9.89. The van der Waals surface area contributed by atoms with E-state index in [4.69, 9.17) is 5.73 Å². The molecule has 1 aliphatic carbocycles. The first-order chi connectivity index (χ1) is 6.59. The average Bonchev–Trinajstić information content (AvgIpc) is 2.88. The minimum absolute atomic E-state index is 0.239. The quantitative estimate of drug-likeness (QED) is 0.745. The van der Waals surface area contributed by atoms with Gasteiger partial charge in [-0.3, -0.25) is 4.68 Å². The van der Waals surface area contributed by atoms with Crippen molar-refractivity contribution in [1.82, 2.24) is 9.78 Å². The molecule has 1 fully saturated rings. The zero-order valence-electron chi connectivity index (χ0n) is 8.64. The summed E-state index contributed by atoms with van der Waals surface area (Å²) in [5.41, 5.74) is 7.63.